The molecule has 2 rings (SSSR count). The Balaban J connectivity index is 0.000000384. The van der Waals surface area contributed by atoms with Crippen molar-refractivity contribution in [2.24, 2.45) is 0 Å². The minimum absolute atomic E-state index is 0.0741. The van der Waals surface area contributed by atoms with Crippen LogP contribution in [0.1, 0.15) is 20.3 Å². The highest BCUT2D eigenvalue weighted by atomic mass is 32.2. The molecule has 0 aliphatic rings. The highest BCUT2D eigenvalue weighted by Gasteiger charge is 2.06. The molecule has 8 nitrogen and oxygen atoms in total. The minimum atomic E-state index is -4.00. The van der Waals surface area contributed by atoms with Crippen molar-refractivity contribution in [2.45, 2.75) is 42.3 Å². The molecule has 4 N–H and O–H groups in total. The monoisotopic (exact) mass is 420 g/mol. The van der Waals surface area contributed by atoms with Gasteiger partial charge in [-0.15, -0.1) is 0 Å². The Bertz CT molecular complexity index is 773. The second-order valence-electron chi connectivity index (χ2n) is 5.51. The van der Waals surface area contributed by atoms with Crippen LogP contribution in [0.15, 0.2) is 70.5 Å². The molecule has 0 spiro atoms. The van der Waals surface area contributed by atoms with Gasteiger partial charge in [-0.1, -0.05) is 36.4 Å². The third kappa shape index (κ3) is 13.1. The van der Waals surface area contributed by atoms with Crippen LogP contribution >= 0.6 is 0 Å². The van der Waals surface area contributed by atoms with Gasteiger partial charge in [-0.3, -0.25) is 9.11 Å². The first-order valence-electron chi connectivity index (χ1n) is 7.75. The van der Waals surface area contributed by atoms with Crippen molar-refractivity contribution in [2.75, 3.05) is 0 Å². The van der Waals surface area contributed by atoms with Crippen LogP contribution in [-0.2, 0) is 20.2 Å². The molecule has 0 aromatic heterocycles. The van der Waals surface area contributed by atoms with E-state index in [4.69, 9.17) is 19.3 Å². The number of aliphatic hydroxyl groups is 2. The van der Waals surface area contributed by atoms with Crippen LogP contribution in [0.5, 0.6) is 0 Å². The second kappa shape index (κ2) is 11.8. The first-order valence-corrected chi connectivity index (χ1v) is 10.6. The lowest BCUT2D eigenvalue weighted by Crippen LogP contribution is -2.10. The van der Waals surface area contributed by atoms with Crippen molar-refractivity contribution in [3.8, 4) is 0 Å². The molecule has 27 heavy (non-hydrogen) atoms. The first-order chi connectivity index (χ1) is 12.3. The molecule has 2 atom stereocenters. The summed E-state index contributed by atoms with van der Waals surface area (Å²) in [4.78, 5) is -0.148. The second-order valence-corrected chi connectivity index (χ2v) is 8.35. The molecular weight excluding hydrogens is 396 g/mol. The third-order valence-electron chi connectivity index (χ3n) is 2.76. The van der Waals surface area contributed by atoms with Gasteiger partial charge in [0, 0.05) is 0 Å². The van der Waals surface area contributed by atoms with Gasteiger partial charge >= 0.3 is 0 Å². The Morgan fingerprint density at radius 3 is 1.04 bits per heavy atom. The zero-order valence-corrected chi connectivity index (χ0v) is 16.5. The van der Waals surface area contributed by atoms with Crippen LogP contribution in [0.25, 0.3) is 0 Å². The Labute approximate surface area is 159 Å². The highest BCUT2D eigenvalue weighted by molar-refractivity contribution is 7.86. The maximum atomic E-state index is 10.4. The summed E-state index contributed by atoms with van der Waals surface area (Å²) in [5, 5.41) is 17.1. The lowest BCUT2D eigenvalue weighted by molar-refractivity contribution is 0.102. The van der Waals surface area contributed by atoms with Crippen molar-refractivity contribution in [3.63, 3.8) is 0 Å². The van der Waals surface area contributed by atoms with Crippen molar-refractivity contribution < 1.29 is 36.2 Å². The molecule has 2 aromatic carbocycles. The smallest absolute Gasteiger partial charge is 0.294 e. The number of hydrogen-bond donors (Lipinski definition) is 4. The summed E-state index contributed by atoms with van der Waals surface area (Å²) in [6.07, 6.45) is -0.278. The SMILES string of the molecule is CC(O)CC(C)O.O=S(=O)(O)c1ccccc1.O=S(=O)(O)c1ccccc1. The third-order valence-corrected chi connectivity index (χ3v) is 4.50. The van der Waals surface area contributed by atoms with Gasteiger partial charge in [-0.2, -0.15) is 16.8 Å². The van der Waals surface area contributed by atoms with Crippen LogP contribution in [-0.4, -0.2) is 48.4 Å². The predicted octanol–water partition coefficient (Wildman–Crippen LogP) is 2.00. The molecule has 0 bridgehead atoms. The molecule has 0 fully saturated rings. The first kappa shape index (κ1) is 25.2. The molecule has 2 unspecified atom stereocenters. The molecule has 2 aromatic rings. The predicted molar refractivity (Wildman–Crippen MR) is 100 cm³/mol. The molecule has 0 saturated carbocycles. The van der Waals surface area contributed by atoms with Crippen LogP contribution in [0, 0.1) is 0 Å². The number of benzene rings is 2. The van der Waals surface area contributed by atoms with E-state index in [1.807, 2.05) is 0 Å². The van der Waals surface area contributed by atoms with Gasteiger partial charge in [0.2, 0.25) is 0 Å². The number of aliphatic hydroxyl groups excluding tert-OH is 2. The normalized spacial score (nSPS) is 13.3. The van der Waals surface area contributed by atoms with E-state index in [1.165, 1.54) is 24.3 Å². The highest BCUT2D eigenvalue weighted by Crippen LogP contribution is 2.06. The fourth-order valence-corrected chi connectivity index (χ4v) is 2.68. The summed E-state index contributed by atoms with van der Waals surface area (Å²) in [6, 6.07) is 14.8. The average Bonchev–Trinajstić information content (AvgIpc) is 2.55. The zero-order valence-electron chi connectivity index (χ0n) is 14.9. The largest absolute Gasteiger partial charge is 0.393 e. The quantitative estimate of drug-likeness (QED) is 0.549. The maximum Gasteiger partial charge on any atom is 0.294 e. The fourth-order valence-electron chi connectivity index (χ4n) is 1.68. The van der Waals surface area contributed by atoms with Crippen LogP contribution < -0.4 is 0 Å². The topological polar surface area (TPSA) is 149 Å². The molecule has 10 heteroatoms. The van der Waals surface area contributed by atoms with Crippen molar-refractivity contribution >= 4 is 20.2 Å². The van der Waals surface area contributed by atoms with Gasteiger partial charge in [0.15, 0.2) is 0 Å². The molecule has 0 aliphatic heterocycles. The van der Waals surface area contributed by atoms with E-state index >= 15 is 0 Å². The summed E-state index contributed by atoms with van der Waals surface area (Å²) in [5.74, 6) is 0. The lowest BCUT2D eigenvalue weighted by atomic mass is 10.2. The van der Waals surface area contributed by atoms with Crippen molar-refractivity contribution in [1.82, 2.24) is 0 Å². The van der Waals surface area contributed by atoms with Gasteiger partial charge in [0.05, 0.1) is 22.0 Å². The van der Waals surface area contributed by atoms with Crippen molar-refractivity contribution in [1.29, 1.82) is 0 Å². The molecule has 0 amide bonds. The molecule has 0 heterocycles. The summed E-state index contributed by atoms with van der Waals surface area (Å²) in [7, 11) is -8.01. The van der Waals surface area contributed by atoms with Crippen LogP contribution in [0.2, 0.25) is 0 Å². The average molecular weight is 421 g/mol. The minimum Gasteiger partial charge on any atom is -0.393 e. The molecule has 0 saturated heterocycles. The standard InChI is InChI=1S/2C6H6O3S.C5H12O2/c2*7-10(8,9)6-4-2-1-3-5-6;1-4(6)3-5(2)7/h2*1-5H,(H,7,8,9);4-7H,3H2,1-2H3. The van der Waals surface area contributed by atoms with Gasteiger partial charge in [0.25, 0.3) is 20.2 Å². The lowest BCUT2D eigenvalue weighted by Gasteiger charge is -2.04. The van der Waals surface area contributed by atoms with Crippen LogP contribution in [0.4, 0.5) is 0 Å². The zero-order chi connectivity index (χ0) is 21.1. The fraction of sp³-hybridized carbons (Fsp3) is 0.294. The van der Waals surface area contributed by atoms with E-state index in [0.717, 1.165) is 0 Å². The van der Waals surface area contributed by atoms with Gasteiger partial charge in [-0.05, 0) is 44.5 Å². The Kier molecular flexibility index (Phi) is 11.0. The van der Waals surface area contributed by atoms with Gasteiger partial charge < -0.3 is 10.2 Å². The van der Waals surface area contributed by atoms with E-state index < -0.39 is 20.2 Å². The number of rotatable bonds is 4. The number of hydrogen-bond acceptors (Lipinski definition) is 6. The summed E-state index contributed by atoms with van der Waals surface area (Å²) in [6.45, 7) is 3.32. The Morgan fingerprint density at radius 2 is 0.926 bits per heavy atom. The van der Waals surface area contributed by atoms with E-state index in [9.17, 15) is 16.8 Å². The Hall–Kier alpha value is -1.82. The molecule has 0 aliphatic carbocycles. The summed E-state index contributed by atoms with van der Waals surface area (Å²) < 4.78 is 58.5. The molecule has 152 valence electrons. The summed E-state index contributed by atoms with van der Waals surface area (Å²) >= 11 is 0. The summed E-state index contributed by atoms with van der Waals surface area (Å²) in [5.41, 5.74) is 0. The van der Waals surface area contributed by atoms with Crippen molar-refractivity contribution in [3.05, 3.63) is 60.7 Å². The van der Waals surface area contributed by atoms with E-state index in [2.05, 4.69) is 0 Å². The van der Waals surface area contributed by atoms with Gasteiger partial charge in [-0.25, -0.2) is 0 Å². The van der Waals surface area contributed by atoms with Crippen LogP contribution in [0.3, 0.4) is 0 Å². The molecular formula is C17H24O8S2. The van der Waals surface area contributed by atoms with Gasteiger partial charge in [0.1, 0.15) is 0 Å². The van der Waals surface area contributed by atoms with E-state index in [0.29, 0.717) is 6.42 Å². The Morgan fingerprint density at radius 1 is 0.667 bits per heavy atom. The van der Waals surface area contributed by atoms with E-state index in [-0.39, 0.29) is 22.0 Å². The molecule has 0 radical (unpaired) electrons. The van der Waals surface area contributed by atoms with E-state index in [1.54, 1.807) is 50.2 Å². The maximum absolute atomic E-state index is 10.4.